The molecule has 0 bridgehead atoms. The van der Waals surface area contributed by atoms with Crippen LogP contribution in [0.15, 0.2) is 34.9 Å². The number of aryl methyl sites for hydroxylation is 3. The molecule has 344 valence electrons. The second kappa shape index (κ2) is 47.6. The molecule has 58 heavy (non-hydrogen) atoms. The molecule has 4 unspecified atom stereocenters. The predicted molar refractivity (Wildman–Crippen MR) is 267 cm³/mol. The summed E-state index contributed by atoms with van der Waals surface area (Å²) in [5.74, 6) is 2.60. The molecule has 0 radical (unpaired) electrons. The first-order chi connectivity index (χ1) is 27.6. The number of aliphatic imine (C=N–C) groups is 1. The number of Topliss-reactive ketones (excluding diaryl/α,β-unsaturated/α-hetero) is 1. The lowest BCUT2D eigenvalue weighted by Gasteiger charge is -2.17. The van der Waals surface area contributed by atoms with Gasteiger partial charge in [0, 0.05) is 11.6 Å². The third kappa shape index (κ3) is 39.4. The normalized spacial score (nSPS) is 14.0. The Balaban J connectivity index is -0.000000226. The van der Waals surface area contributed by atoms with E-state index in [0.29, 0.717) is 0 Å². The van der Waals surface area contributed by atoms with Gasteiger partial charge in [-0.3, -0.25) is 9.78 Å². The van der Waals surface area contributed by atoms with Crippen molar-refractivity contribution in [2.45, 2.75) is 260 Å². The summed E-state index contributed by atoms with van der Waals surface area (Å²) < 4.78 is 0. The molecule has 0 saturated heterocycles. The van der Waals surface area contributed by atoms with Crippen molar-refractivity contribution < 1.29 is 9.90 Å². The molecule has 2 rings (SSSR count). The van der Waals surface area contributed by atoms with Crippen LogP contribution in [0.3, 0.4) is 0 Å². The number of unbranched alkanes of at least 4 members (excludes halogenated alkanes) is 3. The van der Waals surface area contributed by atoms with Gasteiger partial charge in [0.2, 0.25) is 0 Å². The molecule has 1 heterocycles. The number of hydrogen-bond donors (Lipinski definition) is 1. The Hall–Kier alpha value is -2.07. The summed E-state index contributed by atoms with van der Waals surface area (Å²) in [4.78, 5) is 22.2. The first-order valence-corrected chi connectivity index (χ1v) is 24.8. The van der Waals surface area contributed by atoms with Gasteiger partial charge in [0.15, 0.2) is 5.78 Å². The second-order valence-corrected chi connectivity index (χ2v) is 16.4. The van der Waals surface area contributed by atoms with Gasteiger partial charge in [-0.1, -0.05) is 187 Å². The molecule has 4 nitrogen and oxygen atoms in total. The number of ketones is 1. The predicted octanol–water partition coefficient (Wildman–Crippen LogP) is 18.0. The minimum absolute atomic E-state index is 0.0472. The number of aliphatic hydroxyl groups is 1. The Morgan fingerprint density at radius 3 is 1.74 bits per heavy atom. The number of hydrogen-bond acceptors (Lipinski definition) is 4. The van der Waals surface area contributed by atoms with Crippen LogP contribution in [0.2, 0.25) is 0 Å². The Kier molecular flexibility index (Phi) is 53.4. The summed E-state index contributed by atoms with van der Waals surface area (Å²) in [5, 5.41) is 9.39. The van der Waals surface area contributed by atoms with Crippen molar-refractivity contribution in [3.05, 3.63) is 46.8 Å². The summed E-state index contributed by atoms with van der Waals surface area (Å²) in [7, 11) is 0. The molecule has 1 aliphatic rings. The average Bonchev–Trinajstić information content (AvgIpc) is 3.23. The fraction of sp³-hybridized carbons (Fsp3) is 0.796. The van der Waals surface area contributed by atoms with E-state index >= 15 is 0 Å². The molecule has 0 fully saturated rings. The molecule has 0 aromatic carbocycles. The average molecular weight is 815 g/mol. The van der Waals surface area contributed by atoms with Gasteiger partial charge >= 0.3 is 0 Å². The molecular formula is C54H106N2O2. The van der Waals surface area contributed by atoms with Gasteiger partial charge in [0.1, 0.15) is 0 Å². The van der Waals surface area contributed by atoms with E-state index in [2.05, 4.69) is 121 Å². The summed E-state index contributed by atoms with van der Waals surface area (Å²) in [6.45, 7) is 42.6. The minimum Gasteiger partial charge on any atom is -0.393 e. The number of aliphatic hydroxyl groups excluding tert-OH is 1. The second-order valence-electron chi connectivity index (χ2n) is 16.4. The maximum atomic E-state index is 12.6. The molecule has 1 aliphatic carbocycles. The van der Waals surface area contributed by atoms with Gasteiger partial charge in [0.05, 0.1) is 23.2 Å². The lowest BCUT2D eigenvalue weighted by Crippen LogP contribution is -2.21. The van der Waals surface area contributed by atoms with Crippen molar-refractivity contribution in [3.63, 3.8) is 0 Å². The van der Waals surface area contributed by atoms with Crippen molar-refractivity contribution in [1.29, 1.82) is 0 Å². The van der Waals surface area contributed by atoms with E-state index in [1.54, 1.807) is 0 Å². The van der Waals surface area contributed by atoms with E-state index in [9.17, 15) is 9.90 Å². The maximum absolute atomic E-state index is 12.6. The van der Waals surface area contributed by atoms with E-state index in [0.717, 1.165) is 99.1 Å². The Morgan fingerprint density at radius 2 is 1.29 bits per heavy atom. The van der Waals surface area contributed by atoms with Crippen LogP contribution in [0.5, 0.6) is 0 Å². The van der Waals surface area contributed by atoms with E-state index in [1.165, 1.54) is 68.2 Å². The smallest absolute Gasteiger partial charge is 0.179 e. The van der Waals surface area contributed by atoms with Gasteiger partial charge in [0.25, 0.3) is 0 Å². The Bertz CT molecular complexity index is 1110. The van der Waals surface area contributed by atoms with Crippen LogP contribution in [0, 0.1) is 30.6 Å². The van der Waals surface area contributed by atoms with Gasteiger partial charge in [-0.25, -0.2) is 4.99 Å². The number of pyridine rings is 1. The minimum atomic E-state index is -0.0472. The van der Waals surface area contributed by atoms with Crippen molar-refractivity contribution in [2.75, 3.05) is 0 Å². The van der Waals surface area contributed by atoms with Gasteiger partial charge in [-0.2, -0.15) is 0 Å². The summed E-state index contributed by atoms with van der Waals surface area (Å²) in [5.41, 5.74) is 6.63. The first-order valence-electron chi connectivity index (χ1n) is 24.8. The largest absolute Gasteiger partial charge is 0.393 e. The molecular weight excluding hydrogens is 709 g/mol. The highest BCUT2D eigenvalue weighted by molar-refractivity contribution is 6.41. The maximum Gasteiger partial charge on any atom is 0.179 e. The number of nitrogens with zero attached hydrogens (tertiary/aromatic N) is 2. The van der Waals surface area contributed by atoms with E-state index < -0.39 is 0 Å². The number of fused-ring (bicyclic) bond motifs is 1. The topological polar surface area (TPSA) is 62.6 Å². The molecule has 4 heteroatoms. The van der Waals surface area contributed by atoms with Crippen LogP contribution < -0.4 is 0 Å². The van der Waals surface area contributed by atoms with Crippen LogP contribution in [0.4, 0.5) is 5.69 Å². The Morgan fingerprint density at radius 1 is 0.759 bits per heavy atom. The van der Waals surface area contributed by atoms with Crippen LogP contribution in [-0.4, -0.2) is 27.7 Å². The molecule has 0 amide bonds. The third-order valence-corrected chi connectivity index (χ3v) is 9.97. The van der Waals surface area contributed by atoms with Crippen molar-refractivity contribution in [2.24, 2.45) is 28.7 Å². The summed E-state index contributed by atoms with van der Waals surface area (Å²) in [6.07, 6.45) is 26.8. The highest BCUT2D eigenvalue weighted by atomic mass is 16.3. The first kappa shape index (κ1) is 65.1. The van der Waals surface area contributed by atoms with Crippen molar-refractivity contribution in [3.8, 4) is 0 Å². The molecule has 0 saturated carbocycles. The number of rotatable bonds is 19. The molecule has 1 N–H and O–H groups in total. The lowest BCUT2D eigenvalue weighted by molar-refractivity contribution is -0.116. The fourth-order valence-electron chi connectivity index (χ4n) is 5.39. The Labute approximate surface area is 366 Å². The standard InChI is InChI=1S/C20H30N2O.C11H20.C10H22O.C5H12.C4H10.2C2H6/c1-5-7-11-18(20(23)14(3)6-2)22-19-13-16-10-8-9-12-17(16)21-15(19)4;1-5-7-8-9-11(4)10(3)6-2;1-4-6-10(11)8-7-9(3)5-2;1-3-5-4-2;1-4(2)3;2*1-2/h13-14H,5-12H2,1-4H3;7-10H,5-6H2,1-4H3;9-11H,4-8H2,1-3H3;3-5H2,1-2H3;4H,1-3H3;2*1-2H3/b;8-7-,11-9+;;;;;. The summed E-state index contributed by atoms with van der Waals surface area (Å²) >= 11 is 0. The zero-order valence-electron chi connectivity index (χ0n) is 43.2. The van der Waals surface area contributed by atoms with Crippen molar-refractivity contribution >= 4 is 17.2 Å². The van der Waals surface area contributed by atoms with Crippen LogP contribution in [-0.2, 0) is 17.6 Å². The highest BCUT2D eigenvalue weighted by Crippen LogP contribution is 2.27. The van der Waals surface area contributed by atoms with E-state index in [1.807, 2.05) is 41.5 Å². The van der Waals surface area contributed by atoms with Gasteiger partial charge < -0.3 is 5.11 Å². The number of carbonyl (C=O) groups excluding carboxylic acids is 1. The quantitative estimate of drug-likeness (QED) is 0.112. The van der Waals surface area contributed by atoms with Crippen LogP contribution in [0.1, 0.15) is 251 Å². The fourth-order valence-corrected chi connectivity index (χ4v) is 5.39. The zero-order chi connectivity index (χ0) is 45.9. The zero-order valence-corrected chi connectivity index (χ0v) is 43.2. The van der Waals surface area contributed by atoms with Crippen LogP contribution in [0.25, 0.3) is 0 Å². The summed E-state index contributed by atoms with van der Waals surface area (Å²) in [6, 6.07) is 2.17. The van der Waals surface area contributed by atoms with Gasteiger partial charge in [-0.05, 0) is 120 Å². The SMILES string of the molecule is CC.CC.CC(C)C.CC/C=C\C=C(/C)C(C)CC.CCCC(O)CCC(C)CC.CCCCC.CCCCC(=Nc1cc2c(nc1C)CCCC2)C(=O)C(C)CC. The molecule has 4 atom stereocenters. The third-order valence-electron chi connectivity index (χ3n) is 9.97. The van der Waals surface area contributed by atoms with E-state index in [-0.39, 0.29) is 17.8 Å². The van der Waals surface area contributed by atoms with E-state index in [4.69, 9.17) is 9.98 Å². The van der Waals surface area contributed by atoms with Gasteiger partial charge in [-0.15, -0.1) is 0 Å². The molecule has 0 aliphatic heterocycles. The molecule has 1 aromatic rings. The molecule has 0 spiro atoms. The number of aromatic nitrogens is 1. The number of allylic oxidation sites excluding steroid dienone is 4. The van der Waals surface area contributed by atoms with Crippen molar-refractivity contribution in [1.82, 2.24) is 4.98 Å². The molecule has 1 aromatic heterocycles. The highest BCUT2D eigenvalue weighted by Gasteiger charge is 2.19. The van der Waals surface area contributed by atoms with Crippen LogP contribution >= 0.6 is 0 Å². The number of carbonyl (C=O) groups is 1. The monoisotopic (exact) mass is 815 g/mol. The lowest BCUT2D eigenvalue weighted by atomic mass is 9.94.